The van der Waals surface area contributed by atoms with Gasteiger partial charge in [-0.25, -0.2) is 4.79 Å². The van der Waals surface area contributed by atoms with Crippen molar-refractivity contribution in [3.8, 4) is 0 Å². The number of amides is 1. The highest BCUT2D eigenvalue weighted by Gasteiger charge is 2.73. The van der Waals surface area contributed by atoms with E-state index in [1.807, 2.05) is 0 Å². The molecule has 0 atom stereocenters. The zero-order valence-electron chi connectivity index (χ0n) is 15.1. The Labute approximate surface area is 151 Å². The number of carbonyl (C=O) groups is 1. The van der Waals surface area contributed by atoms with Gasteiger partial charge in [0.25, 0.3) is 0 Å². The summed E-state index contributed by atoms with van der Waals surface area (Å²) in [4.78, 5) is 11.8. The largest absolute Gasteiger partial charge is 0.460 e. The monoisotopic (exact) mass is 403 g/mol. The molecule has 0 radical (unpaired) electrons. The van der Waals surface area contributed by atoms with E-state index in [1.165, 1.54) is 0 Å². The topological polar surface area (TPSA) is 38.3 Å². The van der Waals surface area contributed by atoms with E-state index in [9.17, 15) is 35.5 Å². The van der Waals surface area contributed by atoms with Gasteiger partial charge in [0, 0.05) is 0 Å². The third-order valence-electron chi connectivity index (χ3n) is 3.80. The Hall–Kier alpha value is -2.00. The standard InChI is InChI=1S/C17H20F7NO2/c1-9(2)11-6-5-7-12(10(3)4)13(11)25-14(26)27-8-15(18,19)16(20,21)17(22,23)24/h5-7,9-10H,8H2,1-4H3,(H,25,26). The lowest BCUT2D eigenvalue weighted by Crippen LogP contribution is -2.54. The van der Waals surface area contributed by atoms with Gasteiger partial charge in [0.15, 0.2) is 6.61 Å². The second-order valence-electron chi connectivity index (χ2n) is 6.60. The van der Waals surface area contributed by atoms with Crippen molar-refractivity contribution >= 4 is 11.8 Å². The molecule has 0 bridgehead atoms. The van der Waals surface area contributed by atoms with Crippen LogP contribution in [0.4, 0.5) is 41.2 Å². The summed E-state index contributed by atoms with van der Waals surface area (Å²) in [5, 5.41) is 2.18. The Morgan fingerprint density at radius 3 is 1.78 bits per heavy atom. The van der Waals surface area contributed by atoms with Crippen molar-refractivity contribution < 1.29 is 40.3 Å². The predicted molar refractivity (Wildman–Crippen MR) is 85.5 cm³/mol. The van der Waals surface area contributed by atoms with E-state index in [2.05, 4.69) is 10.1 Å². The van der Waals surface area contributed by atoms with Crippen molar-refractivity contribution in [3.63, 3.8) is 0 Å². The van der Waals surface area contributed by atoms with Crippen molar-refractivity contribution in [3.05, 3.63) is 29.3 Å². The Balaban J connectivity index is 2.99. The van der Waals surface area contributed by atoms with Gasteiger partial charge in [-0.3, -0.25) is 5.32 Å². The van der Waals surface area contributed by atoms with Gasteiger partial charge in [0.2, 0.25) is 0 Å². The molecule has 0 aromatic heterocycles. The lowest BCUT2D eigenvalue weighted by atomic mass is 9.93. The van der Waals surface area contributed by atoms with E-state index in [1.54, 1.807) is 45.9 Å². The molecule has 0 spiro atoms. The Morgan fingerprint density at radius 2 is 1.41 bits per heavy atom. The lowest BCUT2D eigenvalue weighted by Gasteiger charge is -2.27. The van der Waals surface area contributed by atoms with Gasteiger partial charge in [-0.05, 0) is 23.0 Å². The summed E-state index contributed by atoms with van der Waals surface area (Å²) in [6, 6.07) is 5.05. The van der Waals surface area contributed by atoms with Gasteiger partial charge < -0.3 is 4.74 Å². The van der Waals surface area contributed by atoms with Crippen molar-refractivity contribution in [1.29, 1.82) is 0 Å². The smallest absolute Gasteiger partial charge is 0.443 e. The Kier molecular flexibility index (Phi) is 6.77. The molecule has 10 heteroatoms. The SMILES string of the molecule is CC(C)c1cccc(C(C)C)c1NC(=O)OCC(F)(F)C(F)(F)C(F)(F)F. The predicted octanol–water partition coefficient (Wildman–Crippen LogP) is 6.31. The normalized spacial score (nSPS) is 13.2. The molecule has 0 fully saturated rings. The highest BCUT2D eigenvalue weighted by Crippen LogP contribution is 2.46. The summed E-state index contributed by atoms with van der Waals surface area (Å²) in [6.45, 7) is 4.77. The molecule has 154 valence electrons. The van der Waals surface area contributed by atoms with Crippen LogP contribution in [0.2, 0.25) is 0 Å². The number of hydrogen-bond donors (Lipinski definition) is 1. The van der Waals surface area contributed by atoms with Crippen LogP contribution < -0.4 is 5.32 Å². The summed E-state index contributed by atoms with van der Waals surface area (Å²) in [6.07, 6.45) is -8.03. The number of benzene rings is 1. The van der Waals surface area contributed by atoms with E-state index in [4.69, 9.17) is 0 Å². The first kappa shape index (κ1) is 23.0. The first-order chi connectivity index (χ1) is 12.1. The fourth-order valence-electron chi connectivity index (χ4n) is 2.29. The number of para-hydroxylation sites is 1. The average Bonchev–Trinajstić information content (AvgIpc) is 2.51. The number of ether oxygens (including phenoxy) is 1. The van der Waals surface area contributed by atoms with Gasteiger partial charge >= 0.3 is 24.1 Å². The van der Waals surface area contributed by atoms with Crippen LogP contribution in [-0.4, -0.2) is 30.7 Å². The molecule has 1 N–H and O–H groups in total. The Bertz CT molecular complexity index is 643. The maximum absolute atomic E-state index is 13.2. The second-order valence-corrected chi connectivity index (χ2v) is 6.60. The number of anilines is 1. The molecule has 1 aromatic carbocycles. The molecule has 1 aromatic rings. The van der Waals surface area contributed by atoms with Gasteiger partial charge in [-0.15, -0.1) is 0 Å². The van der Waals surface area contributed by atoms with E-state index in [0.717, 1.165) is 0 Å². The van der Waals surface area contributed by atoms with Crippen LogP contribution >= 0.6 is 0 Å². The minimum Gasteiger partial charge on any atom is -0.443 e. The first-order valence-corrected chi connectivity index (χ1v) is 8.00. The summed E-state index contributed by atoms with van der Waals surface area (Å²) in [7, 11) is 0. The van der Waals surface area contributed by atoms with Gasteiger partial charge in [0.05, 0.1) is 5.69 Å². The number of halogens is 7. The van der Waals surface area contributed by atoms with Crippen molar-refractivity contribution in [2.75, 3.05) is 11.9 Å². The van der Waals surface area contributed by atoms with E-state index in [-0.39, 0.29) is 17.5 Å². The van der Waals surface area contributed by atoms with Crippen LogP contribution in [0.1, 0.15) is 50.7 Å². The summed E-state index contributed by atoms with van der Waals surface area (Å²) >= 11 is 0. The molecule has 0 aliphatic heterocycles. The third-order valence-corrected chi connectivity index (χ3v) is 3.80. The molecular formula is C17H20F7NO2. The number of rotatable bonds is 6. The quantitative estimate of drug-likeness (QED) is 0.565. The van der Waals surface area contributed by atoms with Crippen LogP contribution in [-0.2, 0) is 4.74 Å². The van der Waals surface area contributed by atoms with Gasteiger partial charge in [-0.2, -0.15) is 30.7 Å². The Morgan fingerprint density at radius 1 is 0.963 bits per heavy atom. The molecule has 1 amide bonds. The van der Waals surface area contributed by atoms with Crippen LogP contribution in [0.5, 0.6) is 0 Å². The van der Waals surface area contributed by atoms with E-state index < -0.39 is 30.7 Å². The van der Waals surface area contributed by atoms with Gasteiger partial charge in [-0.1, -0.05) is 45.9 Å². The molecular weight excluding hydrogens is 383 g/mol. The number of alkyl halides is 7. The molecule has 0 heterocycles. The van der Waals surface area contributed by atoms with E-state index >= 15 is 0 Å². The van der Waals surface area contributed by atoms with E-state index in [0.29, 0.717) is 11.1 Å². The van der Waals surface area contributed by atoms with Crippen molar-refractivity contribution in [2.24, 2.45) is 0 Å². The van der Waals surface area contributed by atoms with Crippen molar-refractivity contribution in [2.45, 2.75) is 57.6 Å². The number of hydrogen-bond acceptors (Lipinski definition) is 2. The van der Waals surface area contributed by atoms with Crippen LogP contribution in [0.15, 0.2) is 18.2 Å². The highest BCUT2D eigenvalue weighted by molar-refractivity contribution is 5.87. The maximum Gasteiger partial charge on any atom is 0.460 e. The summed E-state index contributed by atoms with van der Waals surface area (Å²) < 4.78 is 92.4. The summed E-state index contributed by atoms with van der Waals surface area (Å²) in [5.41, 5.74) is 1.51. The molecule has 27 heavy (non-hydrogen) atoms. The first-order valence-electron chi connectivity index (χ1n) is 8.00. The zero-order chi connectivity index (χ0) is 21.2. The van der Waals surface area contributed by atoms with Crippen LogP contribution in [0, 0.1) is 0 Å². The number of carbonyl (C=O) groups excluding carboxylic acids is 1. The second kappa shape index (κ2) is 7.93. The minimum absolute atomic E-state index is 0.0880. The minimum atomic E-state index is -6.48. The molecule has 0 aliphatic rings. The molecule has 3 nitrogen and oxygen atoms in total. The fourth-order valence-corrected chi connectivity index (χ4v) is 2.29. The maximum atomic E-state index is 13.2. The lowest BCUT2D eigenvalue weighted by molar-refractivity contribution is -0.359. The van der Waals surface area contributed by atoms with Crippen LogP contribution in [0.25, 0.3) is 0 Å². The third kappa shape index (κ3) is 5.04. The fraction of sp³-hybridized carbons (Fsp3) is 0.588. The molecule has 0 saturated carbocycles. The molecule has 1 rings (SSSR count). The van der Waals surface area contributed by atoms with Crippen LogP contribution in [0.3, 0.4) is 0 Å². The zero-order valence-corrected chi connectivity index (χ0v) is 15.1. The van der Waals surface area contributed by atoms with Gasteiger partial charge in [0.1, 0.15) is 0 Å². The molecule has 0 aliphatic carbocycles. The summed E-state index contributed by atoms with van der Waals surface area (Å²) in [5.74, 6) is -12.1. The molecule has 0 saturated heterocycles. The number of nitrogens with one attached hydrogen (secondary N) is 1. The highest BCUT2D eigenvalue weighted by atomic mass is 19.4. The van der Waals surface area contributed by atoms with Crippen molar-refractivity contribution in [1.82, 2.24) is 0 Å². The average molecular weight is 403 g/mol. The molecule has 0 unspecified atom stereocenters.